The predicted octanol–water partition coefficient (Wildman–Crippen LogP) is 0.835. The second kappa shape index (κ2) is 6.50. The molecule has 0 radical (unpaired) electrons. The molecule has 8 nitrogen and oxygen atoms in total. The van der Waals surface area contributed by atoms with Crippen molar-refractivity contribution in [3.05, 3.63) is 12.3 Å². The maximum Gasteiger partial charge on any atom is 0.309 e. The summed E-state index contributed by atoms with van der Waals surface area (Å²) in [6.07, 6.45) is 3.07. The fraction of sp³-hybridized carbons (Fsp3) is 0.647. The highest BCUT2D eigenvalue weighted by atomic mass is 16.4. The van der Waals surface area contributed by atoms with Gasteiger partial charge in [0.25, 0.3) is 0 Å². The smallest absolute Gasteiger partial charge is 0.309 e. The lowest BCUT2D eigenvalue weighted by molar-refractivity contribution is -0.145. The topological polar surface area (TPSA) is 89.9 Å². The van der Waals surface area contributed by atoms with Crippen LogP contribution in [0.3, 0.4) is 0 Å². The number of carboxylic acids is 1. The minimum Gasteiger partial charge on any atom is -0.481 e. The number of aliphatic carboxylic acids is 1. The van der Waals surface area contributed by atoms with Gasteiger partial charge in [-0.2, -0.15) is 4.98 Å². The first-order valence-corrected chi connectivity index (χ1v) is 8.67. The van der Waals surface area contributed by atoms with E-state index in [9.17, 15) is 14.7 Å². The average molecular weight is 347 g/mol. The van der Waals surface area contributed by atoms with Gasteiger partial charge in [0.05, 0.1) is 11.5 Å². The molecule has 1 unspecified atom stereocenters. The Morgan fingerprint density at radius 2 is 2.12 bits per heavy atom. The zero-order chi connectivity index (χ0) is 18.2. The van der Waals surface area contributed by atoms with Gasteiger partial charge < -0.3 is 19.8 Å². The second-order valence-electron chi connectivity index (χ2n) is 6.87. The van der Waals surface area contributed by atoms with E-state index in [1.165, 1.54) is 0 Å². The van der Waals surface area contributed by atoms with Gasteiger partial charge >= 0.3 is 5.97 Å². The summed E-state index contributed by atoms with van der Waals surface area (Å²) in [5, 5.41) is 9.55. The zero-order valence-electron chi connectivity index (χ0n) is 15.0. The molecule has 25 heavy (non-hydrogen) atoms. The van der Waals surface area contributed by atoms with E-state index >= 15 is 0 Å². The molecule has 2 fully saturated rings. The molecule has 2 aliphatic rings. The number of hydrogen-bond donors (Lipinski definition) is 1. The number of nitrogens with zero attached hydrogens (tertiary/aromatic N) is 5. The standard InChI is InChI=1S/C17H25N5O3/c1-4-20(2)13-5-8-18-16(19-13)22-9-6-17(7-10-22)12(15(24)25)11-14(23)21(17)3/h5,8,12H,4,6-7,9-11H2,1-3H3,(H,24,25). The largest absolute Gasteiger partial charge is 0.481 e. The van der Waals surface area contributed by atoms with Crippen LogP contribution in [-0.4, -0.2) is 71.1 Å². The summed E-state index contributed by atoms with van der Waals surface area (Å²) in [5.41, 5.74) is -0.586. The number of carbonyl (C=O) groups is 2. The Hall–Kier alpha value is -2.38. The van der Waals surface area contributed by atoms with Gasteiger partial charge in [-0.25, -0.2) is 4.98 Å². The molecule has 1 atom stereocenters. The molecule has 0 bridgehead atoms. The van der Waals surface area contributed by atoms with E-state index in [1.807, 2.05) is 18.0 Å². The maximum absolute atomic E-state index is 12.1. The van der Waals surface area contributed by atoms with E-state index in [4.69, 9.17) is 0 Å². The average Bonchev–Trinajstić information content (AvgIpc) is 2.87. The zero-order valence-corrected chi connectivity index (χ0v) is 15.0. The summed E-state index contributed by atoms with van der Waals surface area (Å²) in [6, 6.07) is 1.88. The molecule has 0 aliphatic carbocycles. The van der Waals surface area contributed by atoms with E-state index in [0.29, 0.717) is 31.9 Å². The second-order valence-corrected chi connectivity index (χ2v) is 6.87. The summed E-state index contributed by atoms with van der Waals surface area (Å²) < 4.78 is 0. The minimum atomic E-state index is -0.881. The van der Waals surface area contributed by atoms with Gasteiger partial charge in [0.15, 0.2) is 0 Å². The van der Waals surface area contributed by atoms with Crippen molar-refractivity contribution in [2.24, 2.45) is 5.92 Å². The SMILES string of the molecule is CCN(C)c1ccnc(N2CCC3(CC2)C(C(=O)O)CC(=O)N3C)n1. The van der Waals surface area contributed by atoms with E-state index in [-0.39, 0.29) is 12.3 Å². The van der Waals surface area contributed by atoms with E-state index in [2.05, 4.69) is 21.8 Å². The minimum absolute atomic E-state index is 0.0799. The summed E-state index contributed by atoms with van der Waals surface area (Å²) >= 11 is 0. The van der Waals surface area contributed by atoms with E-state index in [1.54, 1.807) is 18.1 Å². The molecule has 1 N–H and O–H groups in total. The molecule has 3 heterocycles. The van der Waals surface area contributed by atoms with Gasteiger partial charge in [-0.15, -0.1) is 0 Å². The number of anilines is 2. The summed E-state index contributed by atoms with van der Waals surface area (Å²) in [4.78, 5) is 38.5. The number of rotatable bonds is 4. The third kappa shape index (κ3) is 2.89. The van der Waals surface area contributed by atoms with Gasteiger partial charge in [-0.05, 0) is 25.8 Å². The van der Waals surface area contributed by atoms with Crippen LogP contribution in [-0.2, 0) is 9.59 Å². The molecule has 3 rings (SSSR count). The molecule has 1 spiro atoms. The Kier molecular flexibility index (Phi) is 4.53. The molecule has 1 aromatic rings. The summed E-state index contributed by atoms with van der Waals surface area (Å²) in [6.45, 7) is 4.19. The van der Waals surface area contributed by atoms with Crippen LogP contribution in [0.2, 0.25) is 0 Å². The molecule has 1 aromatic heterocycles. The lowest BCUT2D eigenvalue weighted by Gasteiger charge is -2.45. The van der Waals surface area contributed by atoms with Crippen molar-refractivity contribution in [3.8, 4) is 0 Å². The van der Waals surface area contributed by atoms with Crippen molar-refractivity contribution in [2.75, 3.05) is 43.5 Å². The third-order valence-electron chi connectivity index (χ3n) is 5.77. The van der Waals surface area contributed by atoms with Crippen LogP contribution < -0.4 is 9.80 Å². The van der Waals surface area contributed by atoms with Crippen LogP contribution in [0.1, 0.15) is 26.2 Å². The Balaban J connectivity index is 1.77. The molecular formula is C17H25N5O3. The highest BCUT2D eigenvalue weighted by Gasteiger charge is 2.55. The van der Waals surface area contributed by atoms with Crippen molar-refractivity contribution in [3.63, 3.8) is 0 Å². The van der Waals surface area contributed by atoms with Crippen LogP contribution in [0.4, 0.5) is 11.8 Å². The molecule has 0 aromatic carbocycles. The van der Waals surface area contributed by atoms with E-state index in [0.717, 1.165) is 12.4 Å². The lowest BCUT2D eigenvalue weighted by atomic mass is 9.77. The van der Waals surface area contributed by atoms with E-state index < -0.39 is 17.4 Å². The molecule has 2 saturated heterocycles. The number of piperidine rings is 1. The molecule has 2 aliphatic heterocycles. The van der Waals surface area contributed by atoms with Gasteiger partial charge in [0.1, 0.15) is 5.82 Å². The first-order chi connectivity index (χ1) is 11.9. The monoisotopic (exact) mass is 347 g/mol. The molecule has 136 valence electrons. The maximum atomic E-state index is 12.1. The molecule has 8 heteroatoms. The van der Waals surface area contributed by atoms with Crippen LogP contribution in [0.25, 0.3) is 0 Å². The number of carboxylic acid groups (broad SMARTS) is 1. The van der Waals surface area contributed by atoms with Gasteiger partial charge in [0, 0.05) is 46.3 Å². The Morgan fingerprint density at radius 1 is 1.44 bits per heavy atom. The Labute approximate surface area is 147 Å². The van der Waals surface area contributed by atoms with Crippen LogP contribution in [0.5, 0.6) is 0 Å². The highest BCUT2D eigenvalue weighted by molar-refractivity contribution is 5.88. The first-order valence-electron chi connectivity index (χ1n) is 8.67. The van der Waals surface area contributed by atoms with Gasteiger partial charge in [0.2, 0.25) is 11.9 Å². The quantitative estimate of drug-likeness (QED) is 0.863. The normalized spacial score (nSPS) is 22.5. The highest BCUT2D eigenvalue weighted by Crippen LogP contribution is 2.43. The van der Waals surface area contributed by atoms with Crippen molar-refractivity contribution < 1.29 is 14.7 Å². The van der Waals surface area contributed by atoms with Crippen molar-refractivity contribution >= 4 is 23.6 Å². The number of aromatic nitrogens is 2. The molecule has 1 amide bonds. The Morgan fingerprint density at radius 3 is 2.72 bits per heavy atom. The lowest BCUT2D eigenvalue weighted by Crippen LogP contribution is -2.56. The third-order valence-corrected chi connectivity index (χ3v) is 5.77. The Bertz CT molecular complexity index is 672. The molecule has 0 saturated carbocycles. The van der Waals surface area contributed by atoms with Crippen LogP contribution in [0.15, 0.2) is 12.3 Å². The van der Waals surface area contributed by atoms with Gasteiger partial charge in [-0.3, -0.25) is 9.59 Å². The fourth-order valence-corrected chi connectivity index (χ4v) is 3.94. The van der Waals surface area contributed by atoms with Crippen molar-refractivity contribution in [1.29, 1.82) is 0 Å². The van der Waals surface area contributed by atoms with Gasteiger partial charge in [-0.1, -0.05) is 0 Å². The number of amides is 1. The number of hydrogen-bond acceptors (Lipinski definition) is 6. The van der Waals surface area contributed by atoms with Crippen LogP contribution in [0, 0.1) is 5.92 Å². The van der Waals surface area contributed by atoms with Crippen molar-refractivity contribution in [2.45, 2.75) is 31.7 Å². The fourth-order valence-electron chi connectivity index (χ4n) is 3.94. The number of likely N-dealkylation sites (tertiary alicyclic amines) is 1. The van der Waals surface area contributed by atoms with Crippen LogP contribution >= 0.6 is 0 Å². The first kappa shape index (κ1) is 17.4. The summed E-state index contributed by atoms with van der Waals surface area (Å²) in [5.74, 6) is -0.0703. The molecular weight excluding hydrogens is 322 g/mol. The predicted molar refractivity (Wildman–Crippen MR) is 93.7 cm³/mol. The van der Waals surface area contributed by atoms with Crippen molar-refractivity contribution in [1.82, 2.24) is 14.9 Å². The number of carbonyl (C=O) groups excluding carboxylic acids is 1. The summed E-state index contributed by atoms with van der Waals surface area (Å²) in [7, 11) is 3.71.